The normalized spacial score (nSPS) is 15.8. The van der Waals surface area contributed by atoms with Gasteiger partial charge in [0.15, 0.2) is 0 Å². The van der Waals surface area contributed by atoms with Crippen LogP contribution in [0.25, 0.3) is 10.8 Å². The number of piperazine rings is 1. The van der Waals surface area contributed by atoms with Crippen LogP contribution in [-0.4, -0.2) is 63.3 Å². The van der Waals surface area contributed by atoms with Crippen molar-refractivity contribution < 1.29 is 22.7 Å². The first-order valence-electron chi connectivity index (χ1n) is 13.5. The number of aromatic amines is 1. The Morgan fingerprint density at radius 1 is 1.02 bits per heavy atom. The van der Waals surface area contributed by atoms with E-state index in [2.05, 4.69) is 20.2 Å². The highest BCUT2D eigenvalue weighted by atomic mass is 19.3. The monoisotopic (exact) mass is 564 g/mol. The van der Waals surface area contributed by atoms with E-state index in [1.54, 1.807) is 28.0 Å². The number of halogens is 3. The van der Waals surface area contributed by atoms with Crippen LogP contribution < -0.4 is 15.2 Å². The predicted octanol–water partition coefficient (Wildman–Crippen LogP) is 4.27. The predicted molar refractivity (Wildman–Crippen MR) is 145 cm³/mol. The molecule has 12 heteroatoms. The van der Waals surface area contributed by atoms with E-state index in [4.69, 9.17) is 4.74 Å². The van der Waals surface area contributed by atoms with Gasteiger partial charge in [0.25, 0.3) is 17.9 Å². The van der Waals surface area contributed by atoms with Crippen LogP contribution in [0.3, 0.4) is 0 Å². The summed E-state index contributed by atoms with van der Waals surface area (Å²) in [5.41, 5.74) is 0.604. The lowest BCUT2D eigenvalue weighted by Crippen LogP contribution is -2.49. The van der Waals surface area contributed by atoms with E-state index in [0.717, 1.165) is 31.7 Å². The fourth-order valence-electron chi connectivity index (χ4n) is 5.01. The van der Waals surface area contributed by atoms with Gasteiger partial charge in [0, 0.05) is 50.4 Å². The molecule has 2 fully saturated rings. The van der Waals surface area contributed by atoms with Crippen LogP contribution in [0.2, 0.25) is 0 Å². The van der Waals surface area contributed by atoms with Crippen LogP contribution in [0, 0.1) is 5.82 Å². The average Bonchev–Trinajstić information content (AvgIpc) is 2.97. The highest BCUT2D eigenvalue weighted by Crippen LogP contribution is 2.28. The summed E-state index contributed by atoms with van der Waals surface area (Å²) in [5, 5.41) is 7.89. The number of ether oxygens (including phenoxy) is 1. The van der Waals surface area contributed by atoms with Gasteiger partial charge in [-0.25, -0.2) is 28.2 Å². The summed E-state index contributed by atoms with van der Waals surface area (Å²) < 4.78 is 46.4. The molecule has 4 aromatic rings. The van der Waals surface area contributed by atoms with Crippen LogP contribution in [0.1, 0.15) is 52.9 Å². The molecule has 1 aliphatic carbocycles. The van der Waals surface area contributed by atoms with Crippen molar-refractivity contribution in [1.82, 2.24) is 25.1 Å². The zero-order chi connectivity index (χ0) is 28.5. The fourth-order valence-corrected chi connectivity index (χ4v) is 5.01. The molecule has 1 saturated carbocycles. The molecular weight excluding hydrogens is 537 g/mol. The molecule has 2 aromatic heterocycles. The Bertz CT molecular complexity index is 1630. The lowest BCUT2D eigenvalue weighted by Gasteiger charge is -2.34. The number of alkyl halides is 2. The summed E-state index contributed by atoms with van der Waals surface area (Å²) in [4.78, 5) is 37.1. The highest BCUT2D eigenvalue weighted by molar-refractivity contribution is 5.95. The van der Waals surface area contributed by atoms with Crippen LogP contribution in [0.15, 0.2) is 53.6 Å². The number of rotatable bonds is 7. The lowest BCUT2D eigenvalue weighted by atomic mass is 9.96. The van der Waals surface area contributed by atoms with E-state index in [-0.39, 0.29) is 29.2 Å². The minimum absolute atomic E-state index is 0.0591. The molecule has 41 heavy (non-hydrogen) atoms. The second-order valence-corrected chi connectivity index (χ2v) is 10.3. The van der Waals surface area contributed by atoms with E-state index in [1.807, 2.05) is 6.07 Å². The number of anilines is 1. The molecule has 1 N–H and O–H groups in total. The molecule has 6 rings (SSSR count). The zero-order valence-corrected chi connectivity index (χ0v) is 22.0. The van der Waals surface area contributed by atoms with Gasteiger partial charge in [-0.1, -0.05) is 6.07 Å². The molecule has 0 bridgehead atoms. The molecule has 212 valence electrons. The van der Waals surface area contributed by atoms with Crippen molar-refractivity contribution in [3.8, 4) is 5.75 Å². The number of carbonyl (C=O) groups is 1. The number of fused-ring (bicyclic) bond motifs is 1. The number of hydrogen-bond acceptors (Lipinski definition) is 7. The highest BCUT2D eigenvalue weighted by Gasteiger charge is 2.26. The summed E-state index contributed by atoms with van der Waals surface area (Å²) in [6.07, 6.45) is 3.12. The van der Waals surface area contributed by atoms with Crippen molar-refractivity contribution in [2.24, 2.45) is 0 Å². The molecule has 1 amide bonds. The van der Waals surface area contributed by atoms with Gasteiger partial charge in [-0.3, -0.25) is 9.59 Å². The minimum atomic E-state index is -2.65. The van der Waals surface area contributed by atoms with Crippen molar-refractivity contribution >= 4 is 22.6 Å². The second-order valence-electron chi connectivity index (χ2n) is 10.3. The Kier molecular flexibility index (Phi) is 7.29. The number of amides is 1. The van der Waals surface area contributed by atoms with E-state index >= 15 is 0 Å². The van der Waals surface area contributed by atoms with Gasteiger partial charge in [-0.05, 0) is 55.2 Å². The summed E-state index contributed by atoms with van der Waals surface area (Å²) in [7, 11) is 0. The molecule has 1 aliphatic heterocycles. The Morgan fingerprint density at radius 2 is 1.78 bits per heavy atom. The third-order valence-corrected chi connectivity index (χ3v) is 7.59. The Hall–Kier alpha value is -4.48. The van der Waals surface area contributed by atoms with Crippen molar-refractivity contribution in [2.45, 2.75) is 38.2 Å². The molecule has 9 nitrogen and oxygen atoms in total. The summed E-state index contributed by atoms with van der Waals surface area (Å²) in [6.45, 7) is 1.33. The van der Waals surface area contributed by atoms with Crippen LogP contribution >= 0.6 is 0 Å². The molecule has 0 atom stereocenters. The Morgan fingerprint density at radius 3 is 2.46 bits per heavy atom. The van der Waals surface area contributed by atoms with Gasteiger partial charge in [-0.15, -0.1) is 0 Å². The summed E-state index contributed by atoms with van der Waals surface area (Å²) in [5.74, 6) is -0.118. The molecule has 1 saturated heterocycles. The summed E-state index contributed by atoms with van der Waals surface area (Å²) in [6, 6.07) is 9.67. The van der Waals surface area contributed by atoms with Crippen LogP contribution in [0.5, 0.6) is 5.75 Å². The quantitative estimate of drug-likeness (QED) is 0.358. The number of carbonyl (C=O) groups excluding carboxylic acids is 1. The van der Waals surface area contributed by atoms with E-state index in [1.165, 1.54) is 12.1 Å². The minimum Gasteiger partial charge on any atom is -0.490 e. The number of nitrogens with zero attached hydrogens (tertiary/aromatic N) is 5. The van der Waals surface area contributed by atoms with Crippen molar-refractivity contribution in [3.63, 3.8) is 0 Å². The lowest BCUT2D eigenvalue weighted by molar-refractivity contribution is 0.0741. The largest absolute Gasteiger partial charge is 0.490 e. The number of H-pyrrole nitrogens is 1. The molecule has 2 aromatic carbocycles. The third-order valence-electron chi connectivity index (χ3n) is 7.59. The topological polar surface area (TPSA) is 104 Å². The summed E-state index contributed by atoms with van der Waals surface area (Å²) >= 11 is 0. The number of aromatic nitrogens is 4. The number of nitrogens with one attached hydrogen (secondary N) is 1. The first-order chi connectivity index (χ1) is 19.9. The van der Waals surface area contributed by atoms with Crippen LogP contribution in [-0.2, 0) is 6.42 Å². The van der Waals surface area contributed by atoms with Gasteiger partial charge >= 0.3 is 0 Å². The average molecular weight is 565 g/mol. The maximum Gasteiger partial charge on any atom is 0.272 e. The van der Waals surface area contributed by atoms with Gasteiger partial charge in [0.2, 0.25) is 5.95 Å². The second kappa shape index (κ2) is 11.2. The van der Waals surface area contributed by atoms with Crippen molar-refractivity contribution in [1.29, 1.82) is 0 Å². The maximum atomic E-state index is 14.9. The first-order valence-corrected chi connectivity index (χ1v) is 13.5. The maximum absolute atomic E-state index is 14.9. The zero-order valence-electron chi connectivity index (χ0n) is 22.0. The van der Waals surface area contributed by atoms with E-state index in [0.29, 0.717) is 59.9 Å². The van der Waals surface area contributed by atoms with E-state index in [9.17, 15) is 22.8 Å². The first kappa shape index (κ1) is 26.7. The van der Waals surface area contributed by atoms with Gasteiger partial charge in [0.1, 0.15) is 11.6 Å². The molecule has 2 aliphatic rings. The molecule has 0 spiro atoms. The fraction of sp³-hybridized carbons (Fsp3) is 0.345. The molecule has 0 unspecified atom stereocenters. The molecule has 0 radical (unpaired) electrons. The van der Waals surface area contributed by atoms with Gasteiger partial charge in [-0.2, -0.15) is 5.10 Å². The van der Waals surface area contributed by atoms with Gasteiger partial charge in [0.05, 0.1) is 28.3 Å². The van der Waals surface area contributed by atoms with Crippen molar-refractivity contribution in [2.75, 3.05) is 31.1 Å². The van der Waals surface area contributed by atoms with E-state index < -0.39 is 18.1 Å². The standard InChI is InChI=1S/C29H27F3N6O3/c30-24-7-4-17(13-25-22-14-20(41-19-2-1-3-19)5-6-21(22)27(39)36-35-25)12-23(24)28(40)37-8-10-38(11-9-37)29-33-15-18(16-34-29)26(31)32/h4-7,12,14-16,19,26H,1-3,8-11,13H2,(H,36,39). The Balaban J connectivity index is 1.18. The molecule has 3 heterocycles. The van der Waals surface area contributed by atoms with Crippen LogP contribution in [0.4, 0.5) is 19.1 Å². The van der Waals surface area contributed by atoms with Crippen molar-refractivity contribution in [3.05, 3.63) is 87.3 Å². The SMILES string of the molecule is O=C(c1cc(Cc2n[nH]c(=O)c3ccc(OC4CCC4)cc23)ccc1F)N1CCN(c2ncc(C(F)F)cn2)CC1. The van der Waals surface area contributed by atoms with Gasteiger partial charge < -0.3 is 14.5 Å². The number of benzene rings is 2. The third kappa shape index (κ3) is 5.59. The molecular formula is C29H27F3N6O3. The smallest absolute Gasteiger partial charge is 0.272 e. The number of hydrogen-bond donors (Lipinski definition) is 1. The Labute approximate surface area is 233 Å².